The highest BCUT2D eigenvalue weighted by atomic mass is 79.9. The van der Waals surface area contributed by atoms with Crippen LogP contribution in [0.5, 0.6) is 0 Å². The minimum absolute atomic E-state index is 0.160. The minimum atomic E-state index is 0.160. The van der Waals surface area contributed by atoms with Crippen LogP contribution in [-0.4, -0.2) is 65.4 Å². The molecule has 1 fully saturated rings. The van der Waals surface area contributed by atoms with Crippen molar-refractivity contribution in [3.8, 4) is 0 Å². The van der Waals surface area contributed by atoms with Gasteiger partial charge in [-0.3, -0.25) is 9.69 Å². The van der Waals surface area contributed by atoms with Crippen LogP contribution >= 0.6 is 15.9 Å². The van der Waals surface area contributed by atoms with Gasteiger partial charge in [0.1, 0.15) is 0 Å². The standard InChI is InChI=1S/C13H20BrN5O/c1-18(2)12(20)9-19-5-3-11(4-6-19)17-13-15-7-10(14)8-16-13/h7-8,11H,3-6,9H2,1-2H3,(H,15,16,17). The van der Waals surface area contributed by atoms with Crippen LogP contribution < -0.4 is 5.32 Å². The molecule has 2 rings (SSSR count). The van der Waals surface area contributed by atoms with Gasteiger partial charge in [-0.1, -0.05) is 0 Å². The molecule has 1 aliphatic heterocycles. The topological polar surface area (TPSA) is 61.4 Å². The fourth-order valence-electron chi connectivity index (χ4n) is 2.14. The predicted octanol–water partition coefficient (Wildman–Crippen LogP) is 1.20. The van der Waals surface area contributed by atoms with E-state index in [1.165, 1.54) is 0 Å². The van der Waals surface area contributed by atoms with E-state index in [4.69, 9.17) is 0 Å². The Labute approximate surface area is 127 Å². The SMILES string of the molecule is CN(C)C(=O)CN1CCC(Nc2ncc(Br)cn2)CC1. The van der Waals surface area contributed by atoms with Crippen LogP contribution in [0, 0.1) is 0 Å². The Hall–Kier alpha value is -1.21. The summed E-state index contributed by atoms with van der Waals surface area (Å²) in [7, 11) is 3.59. The highest BCUT2D eigenvalue weighted by molar-refractivity contribution is 9.10. The summed E-state index contributed by atoms with van der Waals surface area (Å²) in [6, 6.07) is 0.377. The summed E-state index contributed by atoms with van der Waals surface area (Å²) in [5, 5.41) is 3.34. The first-order valence-corrected chi connectivity index (χ1v) is 7.50. The van der Waals surface area contributed by atoms with Crippen molar-refractivity contribution in [3.05, 3.63) is 16.9 Å². The maximum atomic E-state index is 11.7. The van der Waals surface area contributed by atoms with Crippen LogP contribution in [0.2, 0.25) is 0 Å². The number of nitrogens with zero attached hydrogens (tertiary/aromatic N) is 4. The van der Waals surface area contributed by atoms with Crippen LogP contribution in [0.25, 0.3) is 0 Å². The molecule has 1 aromatic heterocycles. The van der Waals surface area contributed by atoms with Gasteiger partial charge < -0.3 is 10.2 Å². The molecule has 7 heteroatoms. The molecule has 0 atom stereocenters. The lowest BCUT2D eigenvalue weighted by Gasteiger charge is -2.32. The fraction of sp³-hybridized carbons (Fsp3) is 0.615. The van der Waals surface area contributed by atoms with Crippen LogP contribution in [0.15, 0.2) is 16.9 Å². The molecule has 0 saturated carbocycles. The van der Waals surface area contributed by atoms with E-state index in [9.17, 15) is 4.79 Å². The number of halogens is 1. The number of likely N-dealkylation sites (tertiary alicyclic amines) is 1. The molecular weight excluding hydrogens is 322 g/mol. The molecule has 0 aromatic carbocycles. The normalized spacial score (nSPS) is 16.9. The first-order chi connectivity index (χ1) is 9.54. The van der Waals surface area contributed by atoms with Gasteiger partial charge in [0, 0.05) is 45.6 Å². The third kappa shape index (κ3) is 4.42. The van der Waals surface area contributed by atoms with Gasteiger partial charge in [-0.05, 0) is 28.8 Å². The highest BCUT2D eigenvalue weighted by Gasteiger charge is 2.21. The van der Waals surface area contributed by atoms with Crippen molar-refractivity contribution in [3.63, 3.8) is 0 Å². The van der Waals surface area contributed by atoms with Crippen LogP contribution in [0.4, 0.5) is 5.95 Å². The number of hydrogen-bond acceptors (Lipinski definition) is 5. The Kier molecular flexibility index (Phi) is 5.31. The second-order valence-corrected chi connectivity index (χ2v) is 6.12. The van der Waals surface area contributed by atoms with Crippen molar-refractivity contribution in [2.75, 3.05) is 39.0 Å². The van der Waals surface area contributed by atoms with Gasteiger partial charge in [0.25, 0.3) is 0 Å². The van der Waals surface area contributed by atoms with E-state index < -0.39 is 0 Å². The number of aromatic nitrogens is 2. The third-order valence-corrected chi connectivity index (χ3v) is 3.81. The molecule has 1 amide bonds. The maximum Gasteiger partial charge on any atom is 0.236 e. The lowest BCUT2D eigenvalue weighted by Crippen LogP contribution is -2.44. The summed E-state index contributed by atoms with van der Waals surface area (Å²) < 4.78 is 0.875. The van der Waals surface area contributed by atoms with Gasteiger partial charge in [0.2, 0.25) is 11.9 Å². The monoisotopic (exact) mass is 341 g/mol. The molecule has 0 aliphatic carbocycles. The Morgan fingerprint density at radius 2 is 2.00 bits per heavy atom. The molecule has 2 heterocycles. The van der Waals surface area contributed by atoms with Gasteiger partial charge in [-0.2, -0.15) is 0 Å². The molecule has 1 aliphatic rings. The maximum absolute atomic E-state index is 11.7. The second-order valence-electron chi connectivity index (χ2n) is 5.21. The lowest BCUT2D eigenvalue weighted by molar-refractivity contribution is -0.130. The zero-order valence-electron chi connectivity index (χ0n) is 11.8. The number of likely N-dealkylation sites (N-methyl/N-ethyl adjacent to an activating group) is 1. The Bertz CT molecular complexity index is 443. The van der Waals surface area contributed by atoms with Gasteiger partial charge in [0.15, 0.2) is 0 Å². The average Bonchev–Trinajstić information content (AvgIpc) is 2.43. The Morgan fingerprint density at radius 3 is 2.55 bits per heavy atom. The molecule has 0 spiro atoms. The van der Waals surface area contributed by atoms with Gasteiger partial charge in [-0.25, -0.2) is 9.97 Å². The van der Waals surface area contributed by atoms with Crippen molar-refractivity contribution < 1.29 is 4.79 Å². The number of anilines is 1. The Morgan fingerprint density at radius 1 is 1.40 bits per heavy atom. The van der Waals surface area contributed by atoms with Crippen molar-refractivity contribution >= 4 is 27.8 Å². The van der Waals surface area contributed by atoms with E-state index in [2.05, 4.69) is 36.1 Å². The van der Waals surface area contributed by atoms with Crippen molar-refractivity contribution in [2.45, 2.75) is 18.9 Å². The molecule has 1 aromatic rings. The average molecular weight is 342 g/mol. The molecule has 6 nitrogen and oxygen atoms in total. The number of carbonyl (C=O) groups excluding carboxylic acids is 1. The zero-order chi connectivity index (χ0) is 14.5. The van der Waals surface area contributed by atoms with E-state index in [1.54, 1.807) is 31.4 Å². The number of piperidine rings is 1. The molecule has 0 radical (unpaired) electrons. The highest BCUT2D eigenvalue weighted by Crippen LogP contribution is 2.15. The minimum Gasteiger partial charge on any atom is -0.351 e. The zero-order valence-corrected chi connectivity index (χ0v) is 13.4. The molecule has 1 saturated heterocycles. The number of amides is 1. The fourth-order valence-corrected chi connectivity index (χ4v) is 2.34. The lowest BCUT2D eigenvalue weighted by atomic mass is 10.1. The summed E-state index contributed by atoms with van der Waals surface area (Å²) in [4.78, 5) is 23.9. The third-order valence-electron chi connectivity index (χ3n) is 3.40. The van der Waals surface area contributed by atoms with E-state index in [-0.39, 0.29) is 5.91 Å². The summed E-state index contributed by atoms with van der Waals surface area (Å²) in [5.41, 5.74) is 0. The predicted molar refractivity (Wildman–Crippen MR) is 81.5 cm³/mol. The summed E-state index contributed by atoms with van der Waals surface area (Å²) in [5.74, 6) is 0.823. The van der Waals surface area contributed by atoms with Crippen LogP contribution in [-0.2, 0) is 4.79 Å². The summed E-state index contributed by atoms with van der Waals surface area (Å²) >= 11 is 3.32. The second kappa shape index (κ2) is 6.99. The summed E-state index contributed by atoms with van der Waals surface area (Å²) in [6.07, 6.45) is 5.47. The van der Waals surface area contributed by atoms with E-state index in [0.29, 0.717) is 18.5 Å². The largest absolute Gasteiger partial charge is 0.351 e. The number of rotatable bonds is 4. The van der Waals surface area contributed by atoms with Gasteiger partial charge in [0.05, 0.1) is 11.0 Å². The van der Waals surface area contributed by atoms with Gasteiger partial charge >= 0.3 is 0 Å². The van der Waals surface area contributed by atoms with Crippen LogP contribution in [0.1, 0.15) is 12.8 Å². The first kappa shape index (κ1) is 15.2. The molecule has 1 N–H and O–H groups in total. The smallest absolute Gasteiger partial charge is 0.236 e. The van der Waals surface area contributed by atoms with Crippen molar-refractivity contribution in [1.82, 2.24) is 19.8 Å². The number of carbonyl (C=O) groups is 1. The van der Waals surface area contributed by atoms with Crippen LogP contribution in [0.3, 0.4) is 0 Å². The number of nitrogens with one attached hydrogen (secondary N) is 1. The van der Waals surface area contributed by atoms with E-state index >= 15 is 0 Å². The van der Waals surface area contributed by atoms with Gasteiger partial charge in [-0.15, -0.1) is 0 Å². The van der Waals surface area contributed by atoms with E-state index in [1.807, 2.05) is 0 Å². The quantitative estimate of drug-likeness (QED) is 0.891. The number of hydrogen-bond donors (Lipinski definition) is 1. The van der Waals surface area contributed by atoms with Crippen molar-refractivity contribution in [1.29, 1.82) is 0 Å². The first-order valence-electron chi connectivity index (χ1n) is 6.71. The molecule has 110 valence electrons. The molecule has 0 bridgehead atoms. The molecular formula is C13H20BrN5O. The van der Waals surface area contributed by atoms with Crippen molar-refractivity contribution in [2.24, 2.45) is 0 Å². The Balaban J connectivity index is 1.77. The molecule has 0 unspecified atom stereocenters. The van der Waals surface area contributed by atoms with E-state index in [0.717, 1.165) is 30.4 Å². The summed E-state index contributed by atoms with van der Waals surface area (Å²) in [6.45, 7) is 2.36. The molecule has 20 heavy (non-hydrogen) atoms.